The summed E-state index contributed by atoms with van der Waals surface area (Å²) in [5, 5.41) is 0. The van der Waals surface area contributed by atoms with Crippen LogP contribution in [0.4, 0.5) is 0 Å². The molecule has 0 atom stereocenters. The summed E-state index contributed by atoms with van der Waals surface area (Å²) in [5.41, 5.74) is 1.37. The maximum Gasteiger partial charge on any atom is -0.0344 e. The molecule has 0 heterocycles. The van der Waals surface area contributed by atoms with Gasteiger partial charge in [0.05, 0.1) is 0 Å². The second kappa shape index (κ2) is 18.3. The van der Waals surface area contributed by atoms with Gasteiger partial charge in [0.25, 0.3) is 0 Å². The molecule has 0 bridgehead atoms. The summed E-state index contributed by atoms with van der Waals surface area (Å²) in [6.07, 6.45) is 21.5. The van der Waals surface area contributed by atoms with Crippen molar-refractivity contribution in [2.45, 2.75) is 179 Å². The molecule has 0 aromatic carbocycles. The summed E-state index contributed by atoms with van der Waals surface area (Å²) in [4.78, 5) is 0. The Morgan fingerprint density at radius 3 is 1.22 bits per heavy atom. The van der Waals surface area contributed by atoms with Gasteiger partial charge in [-0.3, -0.25) is 0 Å². The Labute approximate surface area is 207 Å². The molecule has 0 spiro atoms. The van der Waals surface area contributed by atoms with Crippen molar-refractivity contribution >= 4 is 0 Å². The van der Waals surface area contributed by atoms with E-state index in [1.807, 2.05) is 0 Å². The first-order chi connectivity index (χ1) is 14.6. The van der Waals surface area contributed by atoms with Crippen molar-refractivity contribution in [3.63, 3.8) is 0 Å². The van der Waals surface area contributed by atoms with Gasteiger partial charge in [0, 0.05) is 0 Å². The molecule has 0 unspecified atom stereocenters. The summed E-state index contributed by atoms with van der Waals surface area (Å²) < 4.78 is 0. The monoisotopic (exact) mass is 453 g/mol. The van der Waals surface area contributed by atoms with Gasteiger partial charge in [-0.15, -0.1) is 0 Å². The van der Waals surface area contributed by atoms with Crippen LogP contribution in [0.15, 0.2) is 0 Å². The second-order valence-corrected chi connectivity index (χ2v) is 14.6. The lowest BCUT2D eigenvalue weighted by Crippen LogP contribution is -2.28. The van der Waals surface area contributed by atoms with E-state index in [9.17, 15) is 0 Å². The highest BCUT2D eigenvalue weighted by Crippen LogP contribution is 2.44. The maximum absolute atomic E-state index is 2.43. The van der Waals surface area contributed by atoms with Crippen molar-refractivity contribution in [1.82, 2.24) is 0 Å². The minimum atomic E-state index is 0.442. The minimum absolute atomic E-state index is 0.442. The predicted molar refractivity (Wildman–Crippen MR) is 152 cm³/mol. The topological polar surface area (TPSA) is 0 Å². The van der Waals surface area contributed by atoms with Gasteiger partial charge in [-0.25, -0.2) is 0 Å². The van der Waals surface area contributed by atoms with Crippen LogP contribution in [0.2, 0.25) is 0 Å². The first kappa shape index (κ1) is 34.2. The van der Waals surface area contributed by atoms with Crippen LogP contribution >= 0.6 is 0 Å². The fourth-order valence-corrected chi connectivity index (χ4v) is 6.19. The van der Waals surface area contributed by atoms with Crippen LogP contribution in [0, 0.1) is 28.1 Å². The van der Waals surface area contributed by atoms with Crippen LogP contribution in [0.25, 0.3) is 0 Å². The number of unbranched alkanes of at least 4 members (excludes halogenated alkanes) is 10. The molecule has 0 amide bonds. The molecule has 32 heavy (non-hydrogen) atoms. The Morgan fingerprint density at radius 2 is 0.875 bits per heavy atom. The lowest BCUT2D eigenvalue weighted by atomic mass is 9.66. The van der Waals surface area contributed by atoms with Crippen molar-refractivity contribution in [3.8, 4) is 0 Å². The Bertz CT molecular complexity index is 391. The molecule has 0 nitrogen and oxygen atoms in total. The van der Waals surface area contributed by atoms with Crippen molar-refractivity contribution in [2.75, 3.05) is 0 Å². The van der Waals surface area contributed by atoms with Gasteiger partial charge in [-0.2, -0.15) is 0 Å². The molecular formula is C32H68. The Morgan fingerprint density at radius 1 is 0.469 bits per heavy atom. The van der Waals surface area contributed by atoms with E-state index in [1.165, 1.54) is 96.3 Å². The lowest BCUT2D eigenvalue weighted by molar-refractivity contribution is 0.118. The third-order valence-electron chi connectivity index (χ3n) is 6.31. The average Bonchev–Trinajstić information content (AvgIpc) is 2.55. The summed E-state index contributed by atoms with van der Waals surface area (Å²) >= 11 is 0. The molecule has 0 aliphatic carbocycles. The highest BCUT2D eigenvalue weighted by Gasteiger charge is 2.32. The first-order valence-electron chi connectivity index (χ1n) is 14.6. The Balaban J connectivity index is 0. The smallest absolute Gasteiger partial charge is 0.0344 e. The van der Waals surface area contributed by atoms with Crippen LogP contribution in [0.3, 0.4) is 0 Å². The fraction of sp³-hybridized carbons (Fsp3) is 1.00. The molecule has 196 valence electrons. The summed E-state index contributed by atoms with van der Waals surface area (Å²) in [7, 11) is 0. The van der Waals surface area contributed by atoms with Gasteiger partial charge in [-0.05, 0) is 47.3 Å². The fourth-order valence-electron chi connectivity index (χ4n) is 6.19. The number of hydrogen-bond donors (Lipinski definition) is 0. The van der Waals surface area contributed by atoms with Crippen LogP contribution in [0.1, 0.15) is 179 Å². The molecule has 0 rings (SSSR count). The van der Waals surface area contributed by atoms with E-state index in [4.69, 9.17) is 0 Å². The average molecular weight is 453 g/mol. The van der Waals surface area contributed by atoms with Gasteiger partial charge in [0.1, 0.15) is 0 Å². The summed E-state index contributed by atoms with van der Waals surface area (Å²) in [5.74, 6) is 1.71. The van der Waals surface area contributed by atoms with E-state index >= 15 is 0 Å². The van der Waals surface area contributed by atoms with Crippen LogP contribution < -0.4 is 0 Å². The molecular weight excluding hydrogens is 384 g/mol. The van der Waals surface area contributed by atoms with E-state index in [-0.39, 0.29) is 0 Å². The molecule has 0 fully saturated rings. The molecule has 0 aromatic heterocycles. The molecule has 0 heteroatoms. The van der Waals surface area contributed by atoms with Gasteiger partial charge >= 0.3 is 0 Å². The largest absolute Gasteiger partial charge is 0.0654 e. The molecule has 0 saturated heterocycles. The van der Waals surface area contributed by atoms with E-state index in [2.05, 4.69) is 83.1 Å². The van der Waals surface area contributed by atoms with E-state index in [0.29, 0.717) is 16.2 Å². The summed E-state index contributed by atoms with van der Waals surface area (Å²) in [6, 6.07) is 0. The minimum Gasteiger partial charge on any atom is -0.0654 e. The summed E-state index contributed by atoms with van der Waals surface area (Å²) in [6.45, 7) is 28.4. The second-order valence-electron chi connectivity index (χ2n) is 14.6. The van der Waals surface area contributed by atoms with E-state index in [1.54, 1.807) is 0 Å². The third kappa shape index (κ3) is 28.0. The number of rotatable bonds is 17. The van der Waals surface area contributed by atoms with Gasteiger partial charge in [-0.1, -0.05) is 160 Å². The number of hydrogen-bond acceptors (Lipinski definition) is 0. The van der Waals surface area contributed by atoms with Gasteiger partial charge in [0.2, 0.25) is 0 Å². The molecule has 0 radical (unpaired) electrons. The van der Waals surface area contributed by atoms with Crippen molar-refractivity contribution in [2.24, 2.45) is 28.1 Å². The van der Waals surface area contributed by atoms with Crippen LogP contribution in [-0.4, -0.2) is 0 Å². The van der Waals surface area contributed by atoms with Crippen molar-refractivity contribution in [1.29, 1.82) is 0 Å². The quantitative estimate of drug-likeness (QED) is 0.192. The maximum atomic E-state index is 2.43. The Hall–Kier alpha value is 0. The zero-order valence-electron chi connectivity index (χ0n) is 25.3. The molecule has 0 aliphatic heterocycles. The molecule has 0 N–H and O–H groups in total. The van der Waals surface area contributed by atoms with Crippen LogP contribution in [-0.2, 0) is 0 Å². The lowest BCUT2D eigenvalue weighted by Gasteiger charge is -2.39. The van der Waals surface area contributed by atoms with Crippen molar-refractivity contribution < 1.29 is 0 Å². The molecule has 0 aliphatic rings. The molecule has 0 saturated carbocycles. The van der Waals surface area contributed by atoms with Crippen molar-refractivity contribution in [3.05, 3.63) is 0 Å². The third-order valence-corrected chi connectivity index (χ3v) is 6.31. The standard InChI is InChI=1S/2C16H34/c1-13(2)10-15(6,7)12-16(8,9)11-14(3,4)5;1-4-5-6-7-8-9-10-11-12-13-14-15-16(2)3/h13H,10-12H2,1-9H3;16H,4-15H2,1-3H3. The normalized spacial score (nSPS) is 12.9. The van der Waals surface area contributed by atoms with Crippen LogP contribution in [0.5, 0.6) is 0 Å². The van der Waals surface area contributed by atoms with Gasteiger partial charge < -0.3 is 0 Å². The first-order valence-corrected chi connectivity index (χ1v) is 14.6. The van der Waals surface area contributed by atoms with E-state index < -0.39 is 0 Å². The van der Waals surface area contributed by atoms with E-state index in [0.717, 1.165) is 11.8 Å². The zero-order chi connectivity index (χ0) is 25.3. The zero-order valence-corrected chi connectivity index (χ0v) is 25.3. The molecule has 0 aromatic rings. The highest BCUT2D eigenvalue weighted by molar-refractivity contribution is 4.83. The van der Waals surface area contributed by atoms with Gasteiger partial charge in [0.15, 0.2) is 0 Å². The SMILES string of the molecule is CC(C)CC(C)(C)CC(C)(C)CC(C)(C)C.CCCCCCCCCCCCCC(C)C. The predicted octanol–water partition coefficient (Wildman–Crippen LogP) is 12.3. The Kier molecular flexibility index (Phi) is 19.6. The highest BCUT2D eigenvalue weighted by atomic mass is 14.4.